The highest BCUT2D eigenvalue weighted by Crippen LogP contribution is 2.47. The Kier molecular flexibility index (Phi) is 4.40. The fourth-order valence-electron chi connectivity index (χ4n) is 3.53. The van der Waals surface area contributed by atoms with E-state index in [1.807, 2.05) is 13.8 Å². The molecule has 2 aliphatic heterocycles. The third kappa shape index (κ3) is 3.02. The van der Waals surface area contributed by atoms with Gasteiger partial charge in [-0.25, -0.2) is 4.98 Å². The molecule has 0 spiro atoms. The third-order valence-corrected chi connectivity index (χ3v) is 5.40. The highest BCUT2D eigenvalue weighted by atomic mass is 35.5. The van der Waals surface area contributed by atoms with Gasteiger partial charge in [0, 0.05) is 5.39 Å². The Balaban J connectivity index is 1.85. The summed E-state index contributed by atoms with van der Waals surface area (Å²) in [6, 6.07) is 5.13. The maximum atomic E-state index is 9.66. The van der Waals surface area contributed by atoms with Gasteiger partial charge < -0.3 is 19.3 Å². The van der Waals surface area contributed by atoms with Gasteiger partial charge in [0.05, 0.1) is 22.2 Å². The zero-order valence-corrected chi connectivity index (χ0v) is 15.8. The Hall–Kier alpha value is -0.660. The van der Waals surface area contributed by atoms with Crippen molar-refractivity contribution in [2.75, 3.05) is 6.61 Å². The summed E-state index contributed by atoms with van der Waals surface area (Å²) in [4.78, 5) is 4.31. The van der Waals surface area contributed by atoms with Crippen molar-refractivity contribution in [1.82, 2.24) is 4.98 Å². The normalized spacial score (nSPS) is 30.8. The molecule has 3 heterocycles. The monoisotopic (exact) mass is 403 g/mol. The molecule has 0 saturated carbocycles. The van der Waals surface area contributed by atoms with Crippen molar-refractivity contribution < 1.29 is 19.3 Å². The summed E-state index contributed by atoms with van der Waals surface area (Å²) >= 11 is 18.5. The summed E-state index contributed by atoms with van der Waals surface area (Å²) in [5.74, 6) is -0.752. The molecule has 4 rings (SSSR count). The number of aromatic nitrogens is 1. The number of aliphatic hydroxyl groups excluding tert-OH is 1. The Morgan fingerprint density at radius 3 is 2.48 bits per heavy atom. The van der Waals surface area contributed by atoms with Crippen molar-refractivity contribution in [3.8, 4) is 0 Å². The van der Waals surface area contributed by atoms with E-state index in [2.05, 4.69) is 4.98 Å². The van der Waals surface area contributed by atoms with Crippen LogP contribution in [0.15, 0.2) is 18.2 Å². The highest BCUT2D eigenvalue weighted by Gasteiger charge is 2.55. The Morgan fingerprint density at radius 1 is 1.08 bits per heavy atom. The van der Waals surface area contributed by atoms with Gasteiger partial charge in [0.2, 0.25) is 0 Å². The van der Waals surface area contributed by atoms with Crippen LogP contribution in [-0.4, -0.2) is 40.8 Å². The van der Waals surface area contributed by atoms with Crippen molar-refractivity contribution in [3.63, 3.8) is 0 Å². The summed E-state index contributed by atoms with van der Waals surface area (Å²) in [5, 5.41) is 11.6. The number of ether oxygens (including phenoxy) is 3. The highest BCUT2D eigenvalue weighted by molar-refractivity contribution is 6.42. The summed E-state index contributed by atoms with van der Waals surface area (Å²) in [6.07, 6.45) is -1.69. The van der Waals surface area contributed by atoms with Crippen LogP contribution >= 0.6 is 34.8 Å². The minimum Gasteiger partial charge on any atom is -0.394 e. The van der Waals surface area contributed by atoms with Crippen molar-refractivity contribution in [2.24, 2.45) is 0 Å². The number of hydrogen-bond acceptors (Lipinski definition) is 5. The molecule has 134 valence electrons. The van der Waals surface area contributed by atoms with E-state index in [9.17, 15) is 5.11 Å². The van der Waals surface area contributed by atoms with Crippen molar-refractivity contribution >= 4 is 45.7 Å². The average Bonchev–Trinajstić information content (AvgIpc) is 3.01. The molecule has 2 aromatic rings. The van der Waals surface area contributed by atoms with Crippen molar-refractivity contribution in [3.05, 3.63) is 39.0 Å². The standard InChI is InChI=1S/C17H16Cl3NO4/c1-17(2)24-15-12(6-22)23-14(16(15)25-17)8-4-13(20)21-11-5-10(19)9(18)3-7(8)11/h3-5,12,14-16,22H,6H2,1-2H3/t12-,14+,15-,16+/m1/s1. The van der Waals surface area contributed by atoms with Crippen LogP contribution in [0.3, 0.4) is 0 Å². The zero-order chi connectivity index (χ0) is 17.9. The predicted octanol–water partition coefficient (Wildman–Crippen LogP) is 4.15. The Labute approximate surface area is 159 Å². The quantitative estimate of drug-likeness (QED) is 0.762. The summed E-state index contributed by atoms with van der Waals surface area (Å²) in [7, 11) is 0. The fourth-order valence-corrected chi connectivity index (χ4v) is 4.06. The van der Waals surface area contributed by atoms with E-state index in [1.165, 1.54) is 0 Å². The molecule has 2 fully saturated rings. The SMILES string of the molecule is CC1(C)O[C@@H]2[C@H](O1)[C@@H](CO)O[C@H]2c1cc(Cl)nc2cc(Cl)c(Cl)cc12. The van der Waals surface area contributed by atoms with Crippen LogP contribution in [0.25, 0.3) is 10.9 Å². The first-order valence-electron chi connectivity index (χ1n) is 7.86. The van der Waals surface area contributed by atoms with E-state index in [0.717, 1.165) is 10.9 Å². The van der Waals surface area contributed by atoms with Gasteiger partial charge in [-0.1, -0.05) is 34.8 Å². The summed E-state index contributed by atoms with van der Waals surface area (Å²) in [5.41, 5.74) is 1.39. The number of rotatable bonds is 2. The molecule has 0 radical (unpaired) electrons. The molecule has 1 aromatic carbocycles. The lowest BCUT2D eigenvalue weighted by atomic mass is 9.98. The molecule has 0 aliphatic carbocycles. The molecule has 4 atom stereocenters. The van der Waals surface area contributed by atoms with Gasteiger partial charge in [-0.15, -0.1) is 0 Å². The Bertz CT molecular complexity index is 844. The minimum absolute atomic E-state index is 0.166. The average molecular weight is 405 g/mol. The largest absolute Gasteiger partial charge is 0.394 e. The third-order valence-electron chi connectivity index (χ3n) is 4.49. The van der Waals surface area contributed by atoms with E-state index in [-0.39, 0.29) is 18.8 Å². The molecule has 25 heavy (non-hydrogen) atoms. The fraction of sp³-hybridized carbons (Fsp3) is 0.471. The lowest BCUT2D eigenvalue weighted by molar-refractivity contribution is -0.190. The second-order valence-corrected chi connectivity index (χ2v) is 7.86. The van der Waals surface area contributed by atoms with E-state index in [4.69, 9.17) is 49.0 Å². The first kappa shape index (κ1) is 17.7. The van der Waals surface area contributed by atoms with Gasteiger partial charge in [-0.3, -0.25) is 0 Å². The lowest BCUT2D eigenvalue weighted by Gasteiger charge is -2.24. The van der Waals surface area contributed by atoms with Crippen LogP contribution < -0.4 is 0 Å². The van der Waals surface area contributed by atoms with Crippen LogP contribution in [0, 0.1) is 0 Å². The van der Waals surface area contributed by atoms with Gasteiger partial charge in [-0.05, 0) is 37.6 Å². The van der Waals surface area contributed by atoms with Gasteiger partial charge in [0.15, 0.2) is 5.79 Å². The van der Waals surface area contributed by atoms with Crippen molar-refractivity contribution in [1.29, 1.82) is 0 Å². The zero-order valence-electron chi connectivity index (χ0n) is 13.5. The molecule has 5 nitrogen and oxygen atoms in total. The summed E-state index contributed by atoms with van der Waals surface area (Å²) < 4.78 is 18.0. The number of pyridine rings is 1. The molecule has 1 N–H and O–H groups in total. The lowest BCUT2D eigenvalue weighted by Crippen LogP contribution is -2.31. The van der Waals surface area contributed by atoms with E-state index >= 15 is 0 Å². The second kappa shape index (κ2) is 6.20. The van der Waals surface area contributed by atoms with Crippen LogP contribution in [0.2, 0.25) is 15.2 Å². The second-order valence-electron chi connectivity index (χ2n) is 6.66. The molecule has 2 saturated heterocycles. The van der Waals surface area contributed by atoms with E-state index in [1.54, 1.807) is 18.2 Å². The number of aliphatic hydroxyl groups is 1. The number of halogens is 3. The maximum Gasteiger partial charge on any atom is 0.164 e. The van der Waals surface area contributed by atoms with Crippen LogP contribution in [0.4, 0.5) is 0 Å². The van der Waals surface area contributed by atoms with Gasteiger partial charge in [0.1, 0.15) is 29.6 Å². The van der Waals surface area contributed by atoms with Crippen molar-refractivity contribution in [2.45, 2.75) is 44.1 Å². The minimum atomic E-state index is -0.752. The molecular weight excluding hydrogens is 389 g/mol. The van der Waals surface area contributed by atoms with Crippen LogP contribution in [-0.2, 0) is 14.2 Å². The Morgan fingerprint density at radius 2 is 1.76 bits per heavy atom. The predicted molar refractivity (Wildman–Crippen MR) is 95.3 cm³/mol. The molecule has 8 heteroatoms. The van der Waals surface area contributed by atoms with Gasteiger partial charge in [-0.2, -0.15) is 0 Å². The number of nitrogens with zero attached hydrogens (tertiary/aromatic N) is 1. The first-order valence-corrected chi connectivity index (χ1v) is 8.99. The van der Waals surface area contributed by atoms with Gasteiger partial charge in [0.25, 0.3) is 0 Å². The number of fused-ring (bicyclic) bond motifs is 2. The maximum absolute atomic E-state index is 9.66. The van der Waals surface area contributed by atoms with E-state index < -0.39 is 18.0 Å². The molecule has 0 bridgehead atoms. The molecule has 1 aromatic heterocycles. The smallest absolute Gasteiger partial charge is 0.164 e. The topological polar surface area (TPSA) is 60.8 Å². The van der Waals surface area contributed by atoms with E-state index in [0.29, 0.717) is 20.7 Å². The molecule has 2 aliphatic rings. The van der Waals surface area contributed by atoms with Gasteiger partial charge >= 0.3 is 0 Å². The van der Waals surface area contributed by atoms with Crippen LogP contribution in [0.5, 0.6) is 0 Å². The molecule has 0 amide bonds. The summed E-state index contributed by atoms with van der Waals surface area (Å²) in [6.45, 7) is 3.51. The molecule has 0 unspecified atom stereocenters. The van der Waals surface area contributed by atoms with Crippen LogP contribution in [0.1, 0.15) is 25.5 Å². The first-order chi connectivity index (χ1) is 11.8. The number of hydrogen-bond donors (Lipinski definition) is 1. The molecular formula is C17H16Cl3NO4. The number of benzene rings is 1.